The Morgan fingerprint density at radius 1 is 1.45 bits per heavy atom. The van der Waals surface area contributed by atoms with Crippen molar-refractivity contribution in [2.45, 2.75) is 25.7 Å². The predicted octanol–water partition coefficient (Wildman–Crippen LogP) is 2.06. The minimum Gasteiger partial charge on any atom is -0.342 e. The fourth-order valence-corrected chi connectivity index (χ4v) is 1.11. The molecule has 0 aromatic carbocycles. The Balaban J connectivity index is 3.48. The molecule has 62 valence electrons. The third-order valence-corrected chi connectivity index (χ3v) is 2.28. The summed E-state index contributed by atoms with van der Waals surface area (Å²) in [6.45, 7) is 11.3. The summed E-state index contributed by atoms with van der Waals surface area (Å²) < 4.78 is 0. The van der Waals surface area contributed by atoms with Crippen LogP contribution >= 0.6 is 0 Å². The van der Waals surface area contributed by atoms with Gasteiger partial charge in [-0.05, 0) is 0 Å². The molecule has 0 aromatic rings. The topological polar surface area (TPSA) is 12.0 Å². The van der Waals surface area contributed by atoms with Gasteiger partial charge in [-0.15, -0.1) is 6.58 Å². The van der Waals surface area contributed by atoms with E-state index in [1.165, 1.54) is 0 Å². The smallest absolute Gasteiger partial charge is 0.0574 e. The van der Waals surface area contributed by atoms with Crippen molar-refractivity contribution in [3.8, 4) is 12.0 Å². The van der Waals surface area contributed by atoms with Crippen molar-refractivity contribution in [1.82, 2.24) is 5.32 Å². The average molecular weight is 167 g/mol. The predicted molar refractivity (Wildman–Crippen MR) is 54.1 cm³/mol. The highest BCUT2D eigenvalue weighted by molar-refractivity contribution is 6.76. The Morgan fingerprint density at radius 2 is 2.09 bits per heavy atom. The maximum Gasteiger partial charge on any atom is 0.0574 e. The Bertz CT molecular complexity index is 168. The van der Waals surface area contributed by atoms with Gasteiger partial charge in [0.1, 0.15) is 0 Å². The Kier molecular flexibility index (Phi) is 4.72. The molecule has 0 spiro atoms. The Labute approximate surface area is 70.9 Å². The SMILES string of the molecule is C=CCNC#CC[Si](C)(C)C. The highest BCUT2D eigenvalue weighted by atomic mass is 28.3. The minimum absolute atomic E-state index is 0.776. The molecule has 0 radical (unpaired) electrons. The first-order valence-corrected chi connectivity index (χ1v) is 7.58. The number of rotatable bonds is 3. The lowest BCUT2D eigenvalue weighted by atomic mass is 10.6. The third kappa shape index (κ3) is 9.32. The van der Waals surface area contributed by atoms with Crippen LogP contribution in [0.4, 0.5) is 0 Å². The molecule has 1 N–H and O–H groups in total. The van der Waals surface area contributed by atoms with Crippen LogP contribution < -0.4 is 5.32 Å². The molecule has 0 amide bonds. The first kappa shape index (κ1) is 10.3. The van der Waals surface area contributed by atoms with Gasteiger partial charge in [0, 0.05) is 18.6 Å². The minimum atomic E-state index is -0.957. The summed E-state index contributed by atoms with van der Waals surface area (Å²) >= 11 is 0. The van der Waals surface area contributed by atoms with E-state index in [0.717, 1.165) is 12.6 Å². The van der Waals surface area contributed by atoms with E-state index < -0.39 is 8.07 Å². The summed E-state index contributed by atoms with van der Waals surface area (Å²) in [4.78, 5) is 0. The lowest BCUT2D eigenvalue weighted by Gasteiger charge is -2.09. The van der Waals surface area contributed by atoms with E-state index in [2.05, 4.69) is 43.5 Å². The van der Waals surface area contributed by atoms with Crippen LogP contribution in [0, 0.1) is 12.0 Å². The van der Waals surface area contributed by atoms with Gasteiger partial charge >= 0.3 is 0 Å². The van der Waals surface area contributed by atoms with E-state index in [9.17, 15) is 0 Å². The zero-order chi connectivity index (χ0) is 8.74. The average Bonchev–Trinajstić information content (AvgIpc) is 1.85. The lowest BCUT2D eigenvalue weighted by molar-refractivity contribution is 1.03. The van der Waals surface area contributed by atoms with Crippen LogP contribution in [-0.2, 0) is 0 Å². The van der Waals surface area contributed by atoms with Gasteiger partial charge < -0.3 is 5.32 Å². The Hall–Kier alpha value is -0.683. The fourth-order valence-electron chi connectivity index (χ4n) is 0.495. The maximum atomic E-state index is 3.59. The molecule has 0 aliphatic rings. The molecule has 0 aromatic heterocycles. The molecule has 0 bridgehead atoms. The van der Waals surface area contributed by atoms with Crippen LogP contribution in [0.2, 0.25) is 25.7 Å². The molecule has 1 nitrogen and oxygen atoms in total. The fraction of sp³-hybridized carbons (Fsp3) is 0.556. The largest absolute Gasteiger partial charge is 0.342 e. The van der Waals surface area contributed by atoms with Crippen LogP contribution in [0.15, 0.2) is 12.7 Å². The molecular formula is C9H17NSi. The van der Waals surface area contributed by atoms with E-state index in [1.807, 2.05) is 6.08 Å². The van der Waals surface area contributed by atoms with Gasteiger partial charge in [-0.3, -0.25) is 0 Å². The quantitative estimate of drug-likeness (QED) is 0.223. The van der Waals surface area contributed by atoms with Crippen molar-refractivity contribution in [2.75, 3.05) is 6.54 Å². The first-order chi connectivity index (χ1) is 5.06. The Morgan fingerprint density at radius 3 is 2.55 bits per heavy atom. The normalized spacial score (nSPS) is 9.73. The summed E-state index contributed by atoms with van der Waals surface area (Å²) in [6, 6.07) is 3.97. The number of hydrogen-bond acceptors (Lipinski definition) is 1. The second-order valence-electron chi connectivity index (χ2n) is 3.71. The molecule has 2 heteroatoms. The molecule has 0 aliphatic carbocycles. The molecule has 0 saturated carbocycles. The molecule has 11 heavy (non-hydrogen) atoms. The number of hydrogen-bond donors (Lipinski definition) is 1. The van der Waals surface area contributed by atoms with E-state index in [-0.39, 0.29) is 0 Å². The third-order valence-electron chi connectivity index (χ3n) is 1.04. The van der Waals surface area contributed by atoms with Gasteiger partial charge in [0.05, 0.1) is 8.07 Å². The second-order valence-corrected chi connectivity index (χ2v) is 9.18. The lowest BCUT2D eigenvalue weighted by Crippen LogP contribution is -2.18. The van der Waals surface area contributed by atoms with Crippen molar-refractivity contribution in [3.63, 3.8) is 0 Å². The van der Waals surface area contributed by atoms with Crippen LogP contribution in [0.5, 0.6) is 0 Å². The van der Waals surface area contributed by atoms with Crippen molar-refractivity contribution in [3.05, 3.63) is 12.7 Å². The van der Waals surface area contributed by atoms with Crippen molar-refractivity contribution < 1.29 is 0 Å². The molecule has 0 atom stereocenters. The van der Waals surface area contributed by atoms with Gasteiger partial charge in [-0.2, -0.15) is 0 Å². The van der Waals surface area contributed by atoms with Crippen LogP contribution in [-0.4, -0.2) is 14.6 Å². The molecule has 0 rings (SSSR count). The van der Waals surface area contributed by atoms with E-state index in [4.69, 9.17) is 0 Å². The van der Waals surface area contributed by atoms with Crippen LogP contribution in [0.1, 0.15) is 0 Å². The zero-order valence-corrected chi connectivity index (χ0v) is 8.70. The summed E-state index contributed by atoms with van der Waals surface area (Å²) in [7, 11) is -0.957. The van der Waals surface area contributed by atoms with Crippen LogP contribution in [0.25, 0.3) is 0 Å². The summed E-state index contributed by atoms with van der Waals surface area (Å²) in [5, 5.41) is 2.95. The van der Waals surface area contributed by atoms with Crippen molar-refractivity contribution >= 4 is 8.07 Å². The molecular weight excluding hydrogens is 150 g/mol. The molecule has 0 unspecified atom stereocenters. The zero-order valence-electron chi connectivity index (χ0n) is 7.70. The van der Waals surface area contributed by atoms with Gasteiger partial charge in [-0.25, -0.2) is 0 Å². The molecule has 0 heterocycles. The molecule has 0 saturated heterocycles. The van der Waals surface area contributed by atoms with Crippen molar-refractivity contribution in [2.24, 2.45) is 0 Å². The molecule has 0 fully saturated rings. The van der Waals surface area contributed by atoms with E-state index in [0.29, 0.717) is 0 Å². The summed E-state index contributed by atoms with van der Waals surface area (Å²) in [6.07, 6.45) is 1.81. The highest BCUT2D eigenvalue weighted by Gasteiger charge is 2.09. The van der Waals surface area contributed by atoms with Gasteiger partial charge in [0.25, 0.3) is 0 Å². The maximum absolute atomic E-state index is 3.59. The van der Waals surface area contributed by atoms with Gasteiger partial charge in [-0.1, -0.05) is 31.6 Å². The number of nitrogens with one attached hydrogen (secondary N) is 1. The standard InChI is InChI=1S/C9H17NSi/c1-5-7-10-8-6-9-11(2,3)4/h5,10H,1,7,9H2,2-4H3. The molecule has 0 aliphatic heterocycles. The van der Waals surface area contributed by atoms with Crippen LogP contribution in [0.3, 0.4) is 0 Å². The monoisotopic (exact) mass is 167 g/mol. The van der Waals surface area contributed by atoms with Crippen molar-refractivity contribution in [1.29, 1.82) is 0 Å². The highest BCUT2D eigenvalue weighted by Crippen LogP contribution is 2.05. The second kappa shape index (κ2) is 5.03. The van der Waals surface area contributed by atoms with E-state index >= 15 is 0 Å². The first-order valence-electron chi connectivity index (χ1n) is 3.88. The van der Waals surface area contributed by atoms with E-state index in [1.54, 1.807) is 0 Å². The van der Waals surface area contributed by atoms with Gasteiger partial charge in [0.2, 0.25) is 0 Å². The summed E-state index contributed by atoms with van der Waals surface area (Å²) in [5.41, 5.74) is 0. The summed E-state index contributed by atoms with van der Waals surface area (Å²) in [5.74, 6) is 3.11. The van der Waals surface area contributed by atoms with Gasteiger partial charge in [0.15, 0.2) is 0 Å².